The molecule has 2 rings (SSSR count). The standard InChI is InChI=1S/C19H18F2N2O5/c1-12-6-2-4-8-14(12)23-16(24)11-27-17(25)10-22-18(26)13-7-3-5-9-15(13)28-19(20)21/h2-9,19H,10-11H2,1H3,(H,22,26)(H,23,24). The van der Waals surface area contributed by atoms with Crippen molar-refractivity contribution in [3.63, 3.8) is 0 Å². The fourth-order valence-electron chi connectivity index (χ4n) is 2.20. The summed E-state index contributed by atoms with van der Waals surface area (Å²) < 4.78 is 33.8. The number of hydrogen-bond acceptors (Lipinski definition) is 5. The molecule has 0 radical (unpaired) electrons. The second kappa shape index (κ2) is 10.0. The molecule has 0 aliphatic heterocycles. The molecule has 2 amide bonds. The van der Waals surface area contributed by atoms with Gasteiger partial charge in [0.15, 0.2) is 6.61 Å². The molecule has 0 atom stereocenters. The summed E-state index contributed by atoms with van der Waals surface area (Å²) in [6, 6.07) is 12.4. The van der Waals surface area contributed by atoms with Crippen LogP contribution < -0.4 is 15.4 Å². The number of aryl methyl sites for hydroxylation is 1. The zero-order valence-corrected chi connectivity index (χ0v) is 14.9. The average molecular weight is 392 g/mol. The smallest absolute Gasteiger partial charge is 0.387 e. The molecule has 28 heavy (non-hydrogen) atoms. The van der Waals surface area contributed by atoms with Gasteiger partial charge in [0.2, 0.25) is 0 Å². The number of nitrogens with one attached hydrogen (secondary N) is 2. The Morgan fingerprint density at radius 2 is 1.71 bits per heavy atom. The first kappa shape index (κ1) is 20.8. The number of carbonyl (C=O) groups excluding carboxylic acids is 3. The van der Waals surface area contributed by atoms with Gasteiger partial charge >= 0.3 is 12.6 Å². The second-order valence-corrected chi connectivity index (χ2v) is 5.58. The zero-order valence-electron chi connectivity index (χ0n) is 14.9. The highest BCUT2D eigenvalue weighted by molar-refractivity contribution is 5.98. The number of para-hydroxylation sites is 2. The van der Waals surface area contributed by atoms with Crippen molar-refractivity contribution < 1.29 is 32.6 Å². The van der Waals surface area contributed by atoms with Crippen molar-refractivity contribution in [2.75, 3.05) is 18.5 Å². The molecule has 0 aliphatic rings. The number of alkyl halides is 2. The van der Waals surface area contributed by atoms with Crippen LogP contribution in [-0.2, 0) is 14.3 Å². The minimum Gasteiger partial charge on any atom is -0.454 e. The van der Waals surface area contributed by atoms with Crippen molar-refractivity contribution in [3.8, 4) is 5.75 Å². The molecule has 9 heteroatoms. The third kappa shape index (κ3) is 6.35. The number of carbonyl (C=O) groups is 3. The van der Waals surface area contributed by atoms with E-state index in [1.54, 1.807) is 12.1 Å². The number of hydrogen-bond donors (Lipinski definition) is 2. The summed E-state index contributed by atoms with van der Waals surface area (Å²) in [6.07, 6.45) is 0. The van der Waals surface area contributed by atoms with Gasteiger partial charge in [0.1, 0.15) is 12.3 Å². The van der Waals surface area contributed by atoms with Gasteiger partial charge in [-0.1, -0.05) is 30.3 Å². The van der Waals surface area contributed by atoms with Gasteiger partial charge in [-0.15, -0.1) is 0 Å². The van der Waals surface area contributed by atoms with E-state index in [-0.39, 0.29) is 11.3 Å². The average Bonchev–Trinajstić information content (AvgIpc) is 2.66. The number of amides is 2. The first-order valence-electron chi connectivity index (χ1n) is 8.20. The fourth-order valence-corrected chi connectivity index (χ4v) is 2.20. The summed E-state index contributed by atoms with van der Waals surface area (Å²) in [6.45, 7) is -2.36. The number of rotatable bonds is 8. The third-order valence-electron chi connectivity index (χ3n) is 3.52. The zero-order chi connectivity index (χ0) is 20.5. The van der Waals surface area contributed by atoms with E-state index in [1.807, 2.05) is 19.1 Å². The van der Waals surface area contributed by atoms with E-state index < -0.39 is 37.5 Å². The Kier molecular flexibility index (Phi) is 7.44. The number of anilines is 1. The molecule has 0 heterocycles. The quantitative estimate of drug-likeness (QED) is 0.674. The molecule has 0 saturated carbocycles. The molecule has 2 aromatic carbocycles. The van der Waals surface area contributed by atoms with Gasteiger partial charge in [-0.05, 0) is 30.7 Å². The van der Waals surface area contributed by atoms with E-state index in [0.717, 1.165) is 5.56 Å². The maximum Gasteiger partial charge on any atom is 0.387 e. The Morgan fingerprint density at radius 1 is 1.04 bits per heavy atom. The van der Waals surface area contributed by atoms with Crippen LogP contribution in [-0.4, -0.2) is 37.5 Å². The first-order valence-corrected chi connectivity index (χ1v) is 8.20. The van der Waals surface area contributed by atoms with Crippen molar-refractivity contribution in [1.82, 2.24) is 5.32 Å². The molecule has 0 aliphatic carbocycles. The molecule has 148 valence electrons. The lowest BCUT2D eigenvalue weighted by Gasteiger charge is -2.11. The third-order valence-corrected chi connectivity index (χ3v) is 3.52. The number of benzene rings is 2. The van der Waals surface area contributed by atoms with E-state index in [1.165, 1.54) is 24.3 Å². The minimum absolute atomic E-state index is 0.159. The van der Waals surface area contributed by atoms with Crippen LogP contribution in [0.4, 0.5) is 14.5 Å². The molecule has 0 saturated heterocycles. The predicted molar refractivity (Wildman–Crippen MR) is 96.2 cm³/mol. The predicted octanol–water partition coefficient (Wildman–Crippen LogP) is 2.51. The molecular weight excluding hydrogens is 374 g/mol. The van der Waals surface area contributed by atoms with E-state index in [9.17, 15) is 23.2 Å². The van der Waals surface area contributed by atoms with Crippen molar-refractivity contribution in [3.05, 3.63) is 59.7 Å². The van der Waals surface area contributed by atoms with Crippen LogP contribution in [0.25, 0.3) is 0 Å². The summed E-state index contributed by atoms with van der Waals surface area (Å²) in [7, 11) is 0. The highest BCUT2D eigenvalue weighted by atomic mass is 19.3. The van der Waals surface area contributed by atoms with Gasteiger partial charge < -0.3 is 20.1 Å². The fraction of sp³-hybridized carbons (Fsp3) is 0.211. The lowest BCUT2D eigenvalue weighted by atomic mass is 10.2. The van der Waals surface area contributed by atoms with Crippen LogP contribution in [0.1, 0.15) is 15.9 Å². The van der Waals surface area contributed by atoms with Gasteiger partial charge in [0, 0.05) is 5.69 Å². The Bertz CT molecular complexity index is 858. The molecule has 2 aromatic rings. The van der Waals surface area contributed by atoms with Crippen LogP contribution in [0.3, 0.4) is 0 Å². The van der Waals surface area contributed by atoms with E-state index in [2.05, 4.69) is 15.4 Å². The van der Waals surface area contributed by atoms with Crippen molar-refractivity contribution in [2.24, 2.45) is 0 Å². The summed E-state index contributed by atoms with van der Waals surface area (Å²) >= 11 is 0. The topological polar surface area (TPSA) is 93.7 Å². The van der Waals surface area contributed by atoms with Gasteiger partial charge in [-0.25, -0.2) is 0 Å². The maximum atomic E-state index is 12.4. The van der Waals surface area contributed by atoms with Crippen LogP contribution in [0.2, 0.25) is 0 Å². The molecule has 0 aromatic heterocycles. The Hall–Kier alpha value is -3.49. The number of ether oxygens (including phenoxy) is 2. The monoisotopic (exact) mass is 392 g/mol. The number of halogens is 2. The minimum atomic E-state index is -3.09. The van der Waals surface area contributed by atoms with Crippen LogP contribution in [0, 0.1) is 6.92 Å². The van der Waals surface area contributed by atoms with Crippen molar-refractivity contribution in [2.45, 2.75) is 13.5 Å². The molecule has 7 nitrogen and oxygen atoms in total. The number of esters is 1. The molecule has 0 fully saturated rings. The Morgan fingerprint density at radius 3 is 2.43 bits per heavy atom. The molecular formula is C19H18F2N2O5. The van der Waals surface area contributed by atoms with E-state index in [4.69, 9.17) is 4.74 Å². The Labute approximate surface area is 159 Å². The SMILES string of the molecule is Cc1ccccc1NC(=O)COC(=O)CNC(=O)c1ccccc1OC(F)F. The first-order chi connectivity index (χ1) is 13.4. The van der Waals surface area contributed by atoms with Gasteiger partial charge in [0.25, 0.3) is 11.8 Å². The molecule has 0 bridgehead atoms. The van der Waals surface area contributed by atoms with Crippen LogP contribution >= 0.6 is 0 Å². The summed E-state index contributed by atoms with van der Waals surface area (Å²) in [5, 5.41) is 4.82. The van der Waals surface area contributed by atoms with Gasteiger partial charge in [0.05, 0.1) is 5.56 Å². The second-order valence-electron chi connectivity index (χ2n) is 5.58. The van der Waals surface area contributed by atoms with Crippen LogP contribution in [0.15, 0.2) is 48.5 Å². The highest BCUT2D eigenvalue weighted by Gasteiger charge is 2.16. The van der Waals surface area contributed by atoms with Crippen molar-refractivity contribution in [1.29, 1.82) is 0 Å². The maximum absolute atomic E-state index is 12.4. The van der Waals surface area contributed by atoms with E-state index in [0.29, 0.717) is 5.69 Å². The molecule has 0 spiro atoms. The lowest BCUT2D eigenvalue weighted by Crippen LogP contribution is -2.32. The van der Waals surface area contributed by atoms with Crippen LogP contribution in [0.5, 0.6) is 5.75 Å². The molecule has 0 unspecified atom stereocenters. The van der Waals surface area contributed by atoms with Crippen molar-refractivity contribution >= 4 is 23.5 Å². The van der Waals surface area contributed by atoms with Gasteiger partial charge in [-0.2, -0.15) is 8.78 Å². The summed E-state index contributed by atoms with van der Waals surface area (Å²) in [5.74, 6) is -2.51. The highest BCUT2D eigenvalue weighted by Crippen LogP contribution is 2.20. The van der Waals surface area contributed by atoms with Gasteiger partial charge in [-0.3, -0.25) is 14.4 Å². The normalized spacial score (nSPS) is 10.3. The molecule has 2 N–H and O–H groups in total. The lowest BCUT2D eigenvalue weighted by molar-refractivity contribution is -0.146. The Balaban J connectivity index is 1.80. The van der Waals surface area contributed by atoms with E-state index >= 15 is 0 Å². The summed E-state index contributed by atoms with van der Waals surface area (Å²) in [4.78, 5) is 35.6. The largest absolute Gasteiger partial charge is 0.454 e. The summed E-state index contributed by atoms with van der Waals surface area (Å²) in [5.41, 5.74) is 1.28.